The molecule has 2 fully saturated rings. The summed E-state index contributed by atoms with van der Waals surface area (Å²) in [6.45, 7) is 0.881. The van der Waals surface area contributed by atoms with E-state index >= 15 is 0 Å². The molecule has 2 aromatic rings. The molecule has 2 saturated heterocycles. The fourth-order valence-electron chi connectivity index (χ4n) is 4.35. The van der Waals surface area contributed by atoms with Crippen LogP contribution in [-0.2, 0) is 38.8 Å². The number of benzene rings is 2. The molecule has 1 N–H and O–H groups in total. The first kappa shape index (κ1) is 20.9. The molecule has 0 aromatic heterocycles. The number of carbonyl (C=O) groups is 4. The monoisotopic (exact) mass is 464 g/mol. The Labute approximate surface area is 198 Å². The van der Waals surface area contributed by atoms with Gasteiger partial charge in [0.1, 0.15) is 25.0 Å². The molecule has 2 unspecified atom stereocenters. The van der Waals surface area contributed by atoms with Gasteiger partial charge in [-0.25, -0.2) is 0 Å². The molecule has 3 aliphatic heterocycles. The number of nitrogens with one attached hydrogen (secondary N) is 1. The van der Waals surface area contributed by atoms with Crippen molar-refractivity contribution in [2.45, 2.75) is 38.6 Å². The molecule has 2 aromatic carbocycles. The van der Waals surface area contributed by atoms with Crippen LogP contribution in [0.15, 0.2) is 42.5 Å². The predicted molar refractivity (Wildman–Crippen MR) is 119 cm³/mol. The number of rotatable bonds is 6. The summed E-state index contributed by atoms with van der Waals surface area (Å²) < 4.78 is 19.9. The lowest BCUT2D eigenvalue weighted by molar-refractivity contribution is -0.143. The van der Waals surface area contributed by atoms with Crippen molar-refractivity contribution in [3.63, 3.8) is 0 Å². The van der Waals surface area contributed by atoms with Gasteiger partial charge in [0.25, 0.3) is 5.91 Å². The number of hydrogen-bond donors (Lipinski definition) is 1. The van der Waals surface area contributed by atoms with Crippen molar-refractivity contribution in [3.05, 3.63) is 64.7 Å². The highest BCUT2D eigenvalue weighted by Gasteiger charge is 2.40. The van der Waals surface area contributed by atoms with Gasteiger partial charge < -0.3 is 19.3 Å². The van der Waals surface area contributed by atoms with E-state index in [2.05, 4.69) is 5.32 Å². The van der Waals surface area contributed by atoms with Gasteiger partial charge >= 0.3 is 0 Å². The van der Waals surface area contributed by atoms with Crippen LogP contribution < -0.4 is 10.1 Å². The zero-order valence-electron chi connectivity index (χ0n) is 19.5. The van der Waals surface area contributed by atoms with Crippen molar-refractivity contribution in [2.24, 2.45) is 0 Å². The van der Waals surface area contributed by atoms with E-state index in [1.54, 1.807) is 23.1 Å². The van der Waals surface area contributed by atoms with Crippen molar-refractivity contribution in [1.82, 2.24) is 15.1 Å². The number of carbonyl (C=O) groups excluding carboxylic acids is 4. The minimum atomic E-state index is -1.11. The third-order valence-corrected chi connectivity index (χ3v) is 6.22. The van der Waals surface area contributed by atoms with Crippen LogP contribution in [0, 0.1) is 0 Å². The second-order valence-corrected chi connectivity index (χ2v) is 8.50. The van der Waals surface area contributed by atoms with Gasteiger partial charge in [0.15, 0.2) is 0 Å². The average Bonchev–Trinajstić information content (AvgIpc) is 3.11. The van der Waals surface area contributed by atoms with Crippen LogP contribution in [0.25, 0.3) is 0 Å². The Morgan fingerprint density at radius 3 is 2.65 bits per heavy atom. The Morgan fingerprint density at radius 1 is 1.09 bits per heavy atom. The van der Waals surface area contributed by atoms with Crippen molar-refractivity contribution in [1.29, 1.82) is 0 Å². The largest absolute Gasteiger partial charge is 0.489 e. The van der Waals surface area contributed by atoms with Gasteiger partial charge in [-0.1, -0.05) is 30.3 Å². The van der Waals surface area contributed by atoms with Crippen LogP contribution in [0.3, 0.4) is 0 Å². The number of morpholine rings is 1. The van der Waals surface area contributed by atoms with Crippen molar-refractivity contribution in [2.75, 3.05) is 19.8 Å². The fourth-order valence-corrected chi connectivity index (χ4v) is 4.35. The molecule has 4 amide bonds. The molecule has 0 bridgehead atoms. The summed E-state index contributed by atoms with van der Waals surface area (Å²) >= 11 is 0. The fraction of sp³-hybridized carbons (Fsp3) is 0.360. The van der Waals surface area contributed by atoms with Gasteiger partial charge in [0.05, 0.1) is 14.5 Å². The van der Waals surface area contributed by atoms with Crippen LogP contribution in [0.5, 0.6) is 5.75 Å². The lowest BCUT2D eigenvalue weighted by Crippen LogP contribution is -2.52. The van der Waals surface area contributed by atoms with Gasteiger partial charge in [-0.2, -0.15) is 0 Å². The smallest absolute Gasteiger partial charge is 0.255 e. The van der Waals surface area contributed by atoms with Gasteiger partial charge in [0, 0.05) is 30.6 Å². The Balaban J connectivity index is 1.27. The van der Waals surface area contributed by atoms with Crippen LogP contribution in [0.2, 0.25) is 0 Å². The van der Waals surface area contributed by atoms with E-state index in [1.807, 2.05) is 24.3 Å². The lowest BCUT2D eigenvalue weighted by atomic mass is 10.0. The second kappa shape index (κ2) is 9.26. The topological polar surface area (TPSA) is 105 Å². The highest BCUT2D eigenvalue weighted by molar-refractivity contribution is 6.05. The first-order valence-electron chi connectivity index (χ1n) is 11.8. The van der Waals surface area contributed by atoms with E-state index in [-0.39, 0.29) is 37.9 Å². The minimum absolute atomic E-state index is 0.0209. The summed E-state index contributed by atoms with van der Waals surface area (Å²) in [5, 5.41) is 2.25. The highest BCUT2D eigenvalue weighted by Crippen LogP contribution is 2.34. The quantitative estimate of drug-likeness (QED) is 0.648. The van der Waals surface area contributed by atoms with Crippen molar-refractivity contribution >= 4 is 23.6 Å². The number of piperidine rings is 1. The summed E-state index contributed by atoms with van der Waals surface area (Å²) in [5.74, 6) is -0.951. The van der Waals surface area contributed by atoms with E-state index in [9.17, 15) is 19.2 Å². The molecule has 9 nitrogen and oxygen atoms in total. The zero-order valence-corrected chi connectivity index (χ0v) is 18.5. The molecule has 0 spiro atoms. The van der Waals surface area contributed by atoms with E-state index < -0.39 is 24.4 Å². The maximum Gasteiger partial charge on any atom is 0.255 e. The molecule has 176 valence electrons. The molecule has 3 heterocycles. The number of hydrogen-bond acceptors (Lipinski definition) is 6. The van der Waals surface area contributed by atoms with E-state index in [0.717, 1.165) is 11.1 Å². The Bertz CT molecular complexity index is 1180. The number of imide groups is 1. The number of amides is 4. The van der Waals surface area contributed by atoms with Gasteiger partial charge in [-0.05, 0) is 29.7 Å². The highest BCUT2D eigenvalue weighted by atomic mass is 16.5. The van der Waals surface area contributed by atoms with Crippen LogP contribution in [-0.4, -0.2) is 59.2 Å². The van der Waals surface area contributed by atoms with Crippen LogP contribution >= 0.6 is 0 Å². The van der Waals surface area contributed by atoms with E-state index in [4.69, 9.17) is 10.8 Å². The first-order valence-corrected chi connectivity index (χ1v) is 11.2. The summed E-state index contributed by atoms with van der Waals surface area (Å²) in [6.07, 6.45) is 0.320. The molecule has 0 radical (unpaired) electrons. The number of fused-ring (bicyclic) bond motifs is 1. The Morgan fingerprint density at radius 2 is 1.88 bits per heavy atom. The molecule has 34 heavy (non-hydrogen) atoms. The predicted octanol–water partition coefficient (Wildman–Crippen LogP) is 1.39. The SMILES string of the molecule is [2H]C1c2c(OCc3ccc(CN4CCOCC4=O)cc3)cccc2C(=O)N1C1CCC(=O)NC1=O. The van der Waals surface area contributed by atoms with Crippen LogP contribution in [0.1, 0.15) is 41.3 Å². The Hall–Kier alpha value is -3.72. The third kappa shape index (κ3) is 4.38. The van der Waals surface area contributed by atoms with Crippen LogP contribution in [0.4, 0.5) is 0 Å². The average molecular weight is 464 g/mol. The lowest BCUT2D eigenvalue weighted by Gasteiger charge is -2.29. The van der Waals surface area contributed by atoms with Crippen molar-refractivity contribution in [3.8, 4) is 5.75 Å². The zero-order chi connectivity index (χ0) is 24.5. The molecular formula is C25H25N3O6. The van der Waals surface area contributed by atoms with Crippen molar-refractivity contribution < 1.29 is 30.0 Å². The molecule has 0 saturated carbocycles. The number of ether oxygens (including phenoxy) is 2. The second-order valence-electron chi connectivity index (χ2n) is 8.50. The minimum Gasteiger partial charge on any atom is -0.489 e. The summed E-state index contributed by atoms with van der Waals surface area (Å²) in [7, 11) is 0. The maximum absolute atomic E-state index is 13.0. The third-order valence-electron chi connectivity index (χ3n) is 6.22. The maximum atomic E-state index is 13.0. The molecule has 5 rings (SSSR count). The van der Waals surface area contributed by atoms with Gasteiger partial charge in [0.2, 0.25) is 17.7 Å². The first-order chi connectivity index (χ1) is 16.9. The standard InChI is InChI=1S/C25H25N3O6/c29-22-9-8-20(24(31)26-22)28-13-19-18(25(28)32)2-1-3-21(19)34-14-17-6-4-16(5-7-17)12-27-10-11-33-15-23(27)30/h1-7,20H,8-15H2,(H,26,29,31)/i13D. The van der Waals surface area contributed by atoms with Gasteiger partial charge in [-0.3, -0.25) is 24.5 Å². The molecule has 0 aliphatic carbocycles. The molecule has 9 heteroatoms. The molecule has 3 aliphatic rings. The Kier molecular flexibility index (Phi) is 5.68. The molecular weight excluding hydrogens is 438 g/mol. The van der Waals surface area contributed by atoms with E-state index in [0.29, 0.717) is 36.6 Å². The summed E-state index contributed by atoms with van der Waals surface area (Å²) in [5.41, 5.74) is 2.65. The van der Waals surface area contributed by atoms with Gasteiger partial charge in [-0.15, -0.1) is 0 Å². The number of nitrogens with zero attached hydrogens (tertiary/aromatic N) is 2. The normalized spacial score (nSPS) is 23.0. The summed E-state index contributed by atoms with van der Waals surface area (Å²) in [6, 6.07) is 11.9. The molecule has 2 atom stereocenters. The summed E-state index contributed by atoms with van der Waals surface area (Å²) in [4.78, 5) is 51.8. The van der Waals surface area contributed by atoms with E-state index in [1.165, 1.54) is 4.90 Å².